The number of nitrogens with two attached hydrogens (primary N) is 1. The molecule has 0 aliphatic heterocycles. The van der Waals surface area contributed by atoms with E-state index >= 15 is 0 Å². The van der Waals surface area contributed by atoms with Crippen molar-refractivity contribution in [3.63, 3.8) is 0 Å². The van der Waals surface area contributed by atoms with Crippen LogP contribution in [0, 0.1) is 18.3 Å². The molecule has 3 heteroatoms. The third-order valence-electron chi connectivity index (χ3n) is 2.75. The van der Waals surface area contributed by atoms with E-state index in [0.29, 0.717) is 0 Å². The summed E-state index contributed by atoms with van der Waals surface area (Å²) < 4.78 is 0. The van der Waals surface area contributed by atoms with Crippen molar-refractivity contribution in [3.05, 3.63) is 35.9 Å². The third-order valence-corrected chi connectivity index (χ3v) is 2.75. The van der Waals surface area contributed by atoms with E-state index in [1.165, 1.54) is 0 Å². The summed E-state index contributed by atoms with van der Waals surface area (Å²) in [6.45, 7) is 3.56. The van der Waals surface area contributed by atoms with E-state index in [1.807, 2.05) is 30.3 Å². The first-order valence-corrected chi connectivity index (χ1v) is 5.63. The highest BCUT2D eigenvalue weighted by molar-refractivity contribution is 5.79. The fourth-order valence-corrected chi connectivity index (χ4v) is 1.51. The van der Waals surface area contributed by atoms with Gasteiger partial charge in [-0.25, -0.2) is 0 Å². The van der Waals surface area contributed by atoms with Gasteiger partial charge in [0.25, 0.3) is 0 Å². The molecule has 90 valence electrons. The molecule has 0 fully saturated rings. The van der Waals surface area contributed by atoms with Crippen LogP contribution in [0.25, 0.3) is 0 Å². The first kappa shape index (κ1) is 13.3. The number of amides is 1. The third kappa shape index (κ3) is 3.61. The smallest absolute Gasteiger partial charge is 0.225 e. The van der Waals surface area contributed by atoms with E-state index in [1.54, 1.807) is 13.8 Å². The lowest BCUT2D eigenvalue weighted by Crippen LogP contribution is -2.39. The molecule has 3 atom stereocenters. The Morgan fingerprint density at radius 1 is 1.35 bits per heavy atom. The zero-order valence-electron chi connectivity index (χ0n) is 10.2. The molecule has 0 radical (unpaired) electrons. The van der Waals surface area contributed by atoms with E-state index in [-0.39, 0.29) is 23.9 Å². The number of hydrogen-bond acceptors (Lipinski definition) is 2. The van der Waals surface area contributed by atoms with Crippen molar-refractivity contribution in [2.45, 2.75) is 25.9 Å². The molecule has 1 rings (SSSR count). The van der Waals surface area contributed by atoms with E-state index in [0.717, 1.165) is 5.56 Å². The normalized spacial score (nSPS) is 15.4. The molecule has 0 aliphatic rings. The highest BCUT2D eigenvalue weighted by Gasteiger charge is 2.22. The van der Waals surface area contributed by atoms with Gasteiger partial charge in [-0.05, 0) is 12.5 Å². The van der Waals surface area contributed by atoms with Gasteiger partial charge in [0.05, 0.1) is 12.0 Å². The monoisotopic (exact) mass is 230 g/mol. The maximum absolute atomic E-state index is 11.8. The lowest BCUT2D eigenvalue weighted by molar-refractivity contribution is -0.125. The second kappa shape index (κ2) is 6.07. The molecule has 3 unspecified atom stereocenters. The Balaban J connectivity index is 2.67. The number of benzene rings is 1. The maximum atomic E-state index is 11.8. The van der Waals surface area contributed by atoms with Crippen molar-refractivity contribution >= 4 is 5.91 Å². The van der Waals surface area contributed by atoms with Crippen molar-refractivity contribution in [3.8, 4) is 12.3 Å². The second-order valence-corrected chi connectivity index (χ2v) is 4.12. The summed E-state index contributed by atoms with van der Waals surface area (Å²) in [7, 11) is 0. The van der Waals surface area contributed by atoms with Crippen molar-refractivity contribution in [1.82, 2.24) is 5.32 Å². The van der Waals surface area contributed by atoms with Crippen LogP contribution in [0.2, 0.25) is 0 Å². The minimum atomic E-state index is -0.318. The van der Waals surface area contributed by atoms with Crippen molar-refractivity contribution in [2.24, 2.45) is 11.7 Å². The van der Waals surface area contributed by atoms with Crippen LogP contribution in [-0.4, -0.2) is 11.9 Å². The van der Waals surface area contributed by atoms with Crippen LogP contribution in [0.4, 0.5) is 0 Å². The van der Waals surface area contributed by atoms with Gasteiger partial charge >= 0.3 is 0 Å². The molecule has 3 nitrogen and oxygen atoms in total. The van der Waals surface area contributed by atoms with Crippen LogP contribution in [0.15, 0.2) is 30.3 Å². The van der Waals surface area contributed by atoms with Gasteiger partial charge in [0, 0.05) is 6.04 Å². The number of hydrogen-bond donors (Lipinski definition) is 2. The van der Waals surface area contributed by atoms with Gasteiger partial charge in [-0.15, -0.1) is 6.42 Å². The average molecular weight is 230 g/mol. The molecule has 0 bridgehead atoms. The Kier molecular flexibility index (Phi) is 4.74. The van der Waals surface area contributed by atoms with Gasteiger partial charge in [-0.2, -0.15) is 0 Å². The molecule has 1 amide bonds. The molecule has 0 saturated heterocycles. The Morgan fingerprint density at radius 2 is 1.94 bits per heavy atom. The van der Waals surface area contributed by atoms with E-state index in [4.69, 9.17) is 12.2 Å². The van der Waals surface area contributed by atoms with Gasteiger partial charge in [-0.3, -0.25) is 4.79 Å². The molecule has 1 aromatic carbocycles. The Morgan fingerprint density at radius 3 is 2.47 bits per heavy atom. The van der Waals surface area contributed by atoms with E-state index < -0.39 is 0 Å². The van der Waals surface area contributed by atoms with Gasteiger partial charge in [0.15, 0.2) is 0 Å². The lowest BCUT2D eigenvalue weighted by Gasteiger charge is -2.20. The number of carbonyl (C=O) groups is 1. The van der Waals surface area contributed by atoms with Crippen LogP contribution < -0.4 is 11.1 Å². The standard InChI is InChI=1S/C14H18N2O/c1-4-10(2)16-14(17)11(3)13(15)12-8-6-5-7-9-12/h1,5-11,13H,15H2,2-3H3,(H,16,17). The minimum absolute atomic E-state index is 0.119. The summed E-state index contributed by atoms with van der Waals surface area (Å²) in [5.74, 6) is 2.03. The van der Waals surface area contributed by atoms with Crippen LogP contribution >= 0.6 is 0 Å². The number of carbonyl (C=O) groups excluding carboxylic acids is 1. The molecule has 3 N–H and O–H groups in total. The first-order valence-electron chi connectivity index (χ1n) is 5.63. The van der Waals surface area contributed by atoms with E-state index in [9.17, 15) is 4.79 Å². The summed E-state index contributed by atoms with van der Waals surface area (Å²) in [5.41, 5.74) is 6.99. The second-order valence-electron chi connectivity index (χ2n) is 4.12. The fraction of sp³-hybridized carbons (Fsp3) is 0.357. The minimum Gasteiger partial charge on any atom is -0.342 e. The summed E-state index contributed by atoms with van der Waals surface area (Å²) in [6, 6.07) is 8.97. The van der Waals surface area contributed by atoms with Crippen LogP contribution in [0.1, 0.15) is 25.5 Å². The molecule has 0 aliphatic carbocycles. The summed E-state index contributed by atoms with van der Waals surface area (Å²) in [5, 5.41) is 2.72. The Hall–Kier alpha value is -1.79. The highest BCUT2D eigenvalue weighted by atomic mass is 16.1. The first-order chi connectivity index (χ1) is 8.06. The number of nitrogens with one attached hydrogen (secondary N) is 1. The fourth-order valence-electron chi connectivity index (χ4n) is 1.51. The zero-order chi connectivity index (χ0) is 12.8. The molecule has 0 aromatic heterocycles. The average Bonchev–Trinajstić information content (AvgIpc) is 2.37. The van der Waals surface area contributed by atoms with Gasteiger partial charge in [0.1, 0.15) is 0 Å². The highest BCUT2D eigenvalue weighted by Crippen LogP contribution is 2.18. The summed E-state index contributed by atoms with van der Waals surface area (Å²) in [4.78, 5) is 11.8. The lowest BCUT2D eigenvalue weighted by atomic mass is 9.94. The number of terminal acetylenes is 1. The molecule has 17 heavy (non-hydrogen) atoms. The predicted octanol–water partition coefficient (Wildman–Crippen LogP) is 1.46. The van der Waals surface area contributed by atoms with Gasteiger partial charge < -0.3 is 11.1 Å². The molecule has 1 aromatic rings. The maximum Gasteiger partial charge on any atom is 0.225 e. The molecular weight excluding hydrogens is 212 g/mol. The van der Waals surface area contributed by atoms with Crippen LogP contribution in [0.3, 0.4) is 0 Å². The molecule has 0 saturated carbocycles. The van der Waals surface area contributed by atoms with Crippen molar-refractivity contribution in [2.75, 3.05) is 0 Å². The van der Waals surface area contributed by atoms with Crippen LogP contribution in [0.5, 0.6) is 0 Å². The predicted molar refractivity (Wildman–Crippen MR) is 69.0 cm³/mol. The van der Waals surface area contributed by atoms with Crippen LogP contribution in [-0.2, 0) is 4.79 Å². The van der Waals surface area contributed by atoms with Crippen molar-refractivity contribution < 1.29 is 4.79 Å². The van der Waals surface area contributed by atoms with Gasteiger partial charge in [-0.1, -0.05) is 43.2 Å². The molecular formula is C14H18N2O. The largest absolute Gasteiger partial charge is 0.342 e. The molecule has 0 heterocycles. The Labute approximate surface area is 102 Å². The SMILES string of the molecule is C#CC(C)NC(=O)C(C)C(N)c1ccccc1. The topological polar surface area (TPSA) is 55.1 Å². The summed E-state index contributed by atoms with van der Waals surface area (Å²) >= 11 is 0. The van der Waals surface area contributed by atoms with Gasteiger partial charge in [0.2, 0.25) is 5.91 Å². The Bertz CT molecular complexity index is 408. The summed E-state index contributed by atoms with van der Waals surface area (Å²) in [6.07, 6.45) is 5.21. The van der Waals surface area contributed by atoms with Crippen molar-refractivity contribution in [1.29, 1.82) is 0 Å². The quantitative estimate of drug-likeness (QED) is 0.769. The van der Waals surface area contributed by atoms with E-state index in [2.05, 4.69) is 11.2 Å². The number of rotatable bonds is 4. The zero-order valence-corrected chi connectivity index (χ0v) is 10.2. The molecule has 0 spiro atoms.